The third kappa shape index (κ3) is 2.32. The normalized spacial score (nSPS) is 24.8. The Morgan fingerprint density at radius 3 is 2.86 bits per heavy atom. The van der Waals surface area contributed by atoms with Crippen LogP contribution in [0.25, 0.3) is 0 Å². The third-order valence-electron chi connectivity index (χ3n) is 2.86. The molecule has 0 aromatic heterocycles. The number of aliphatic imine (C=N–C) groups is 1. The fraction of sp³-hybridized carbons (Fsp3) is 0.583. The molecule has 0 aromatic carbocycles. The summed E-state index contributed by atoms with van der Waals surface area (Å²) in [4.78, 5) is 3.98. The topological polar surface area (TPSA) is 32.6 Å². The summed E-state index contributed by atoms with van der Waals surface area (Å²) in [6, 6.07) is 0. The molecule has 1 aliphatic carbocycles. The molecule has 2 nitrogen and oxygen atoms in total. The maximum absolute atomic E-state index is 9.84. The molecule has 1 atom stereocenters. The van der Waals surface area contributed by atoms with Gasteiger partial charge < -0.3 is 5.11 Å². The Morgan fingerprint density at radius 2 is 2.29 bits per heavy atom. The predicted octanol–water partition coefficient (Wildman–Crippen LogP) is 2.84. The summed E-state index contributed by atoms with van der Waals surface area (Å²) in [5.74, 6) is 0. The number of hydrogen-bond acceptors (Lipinski definition) is 2. The zero-order valence-electron chi connectivity index (χ0n) is 9.08. The Bertz CT molecular complexity index is 276. The first-order valence-corrected chi connectivity index (χ1v) is 5.21. The average molecular weight is 193 g/mol. The molecule has 0 aliphatic heterocycles. The molecule has 78 valence electrons. The van der Waals surface area contributed by atoms with Crippen LogP contribution >= 0.6 is 0 Å². The number of aliphatic hydroxyl groups excluding tert-OH is 1. The zero-order valence-corrected chi connectivity index (χ0v) is 9.08. The van der Waals surface area contributed by atoms with Gasteiger partial charge in [-0.1, -0.05) is 18.1 Å². The van der Waals surface area contributed by atoms with E-state index in [4.69, 9.17) is 0 Å². The zero-order chi connectivity index (χ0) is 10.6. The number of rotatable bonds is 2. The van der Waals surface area contributed by atoms with Crippen LogP contribution in [0.1, 0.15) is 39.5 Å². The van der Waals surface area contributed by atoms with Crippen molar-refractivity contribution in [2.45, 2.75) is 45.6 Å². The van der Waals surface area contributed by atoms with Crippen LogP contribution in [0, 0.1) is 0 Å². The highest BCUT2D eigenvalue weighted by atomic mass is 16.3. The van der Waals surface area contributed by atoms with Gasteiger partial charge in [-0.2, -0.15) is 0 Å². The fourth-order valence-corrected chi connectivity index (χ4v) is 1.88. The number of allylic oxidation sites excluding steroid dienone is 3. The Kier molecular flexibility index (Phi) is 4.08. The average Bonchev–Trinajstić information content (AvgIpc) is 2.38. The van der Waals surface area contributed by atoms with Crippen molar-refractivity contribution < 1.29 is 5.11 Å². The van der Waals surface area contributed by atoms with Gasteiger partial charge in [-0.05, 0) is 45.4 Å². The molecule has 0 amide bonds. The van der Waals surface area contributed by atoms with E-state index in [9.17, 15) is 5.11 Å². The summed E-state index contributed by atoms with van der Waals surface area (Å²) >= 11 is 0. The summed E-state index contributed by atoms with van der Waals surface area (Å²) in [5, 5.41) is 9.84. The highest BCUT2D eigenvalue weighted by Crippen LogP contribution is 2.29. The molecule has 1 rings (SSSR count). The molecule has 0 aromatic rings. The smallest absolute Gasteiger partial charge is 0.0962 e. The lowest BCUT2D eigenvalue weighted by molar-refractivity contribution is 0.198. The van der Waals surface area contributed by atoms with E-state index in [0.717, 1.165) is 31.4 Å². The lowest BCUT2D eigenvalue weighted by Crippen LogP contribution is -2.09. The van der Waals surface area contributed by atoms with E-state index >= 15 is 0 Å². The lowest BCUT2D eigenvalue weighted by atomic mass is 10.0. The highest BCUT2D eigenvalue weighted by Gasteiger charge is 2.18. The number of nitrogens with zero attached hydrogens (tertiary/aromatic N) is 1. The van der Waals surface area contributed by atoms with Gasteiger partial charge in [0.2, 0.25) is 0 Å². The largest absolute Gasteiger partial charge is 0.387 e. The van der Waals surface area contributed by atoms with E-state index in [1.165, 1.54) is 11.1 Å². The van der Waals surface area contributed by atoms with Crippen LogP contribution in [-0.2, 0) is 0 Å². The molecular weight excluding hydrogens is 174 g/mol. The molecule has 2 heteroatoms. The van der Waals surface area contributed by atoms with Crippen LogP contribution in [0.5, 0.6) is 0 Å². The van der Waals surface area contributed by atoms with Gasteiger partial charge in [-0.15, -0.1) is 0 Å². The van der Waals surface area contributed by atoms with E-state index < -0.39 is 6.10 Å². The molecule has 14 heavy (non-hydrogen) atoms. The molecule has 0 heterocycles. The van der Waals surface area contributed by atoms with Gasteiger partial charge in [0.1, 0.15) is 0 Å². The summed E-state index contributed by atoms with van der Waals surface area (Å²) in [5.41, 5.74) is 3.19. The first-order valence-electron chi connectivity index (χ1n) is 5.21. The van der Waals surface area contributed by atoms with Crippen molar-refractivity contribution in [2.75, 3.05) is 0 Å². The van der Waals surface area contributed by atoms with Crippen LogP contribution in [-0.4, -0.2) is 17.9 Å². The van der Waals surface area contributed by atoms with Crippen LogP contribution in [0.3, 0.4) is 0 Å². The molecule has 0 spiro atoms. The summed E-state index contributed by atoms with van der Waals surface area (Å²) < 4.78 is 0. The first-order chi connectivity index (χ1) is 6.70. The van der Waals surface area contributed by atoms with Gasteiger partial charge in [0.15, 0.2) is 0 Å². The predicted molar refractivity (Wildman–Crippen MR) is 60.5 cm³/mol. The van der Waals surface area contributed by atoms with Gasteiger partial charge in [-0.3, -0.25) is 4.99 Å². The van der Waals surface area contributed by atoms with E-state index in [-0.39, 0.29) is 0 Å². The Hall–Kier alpha value is -0.890. The van der Waals surface area contributed by atoms with Gasteiger partial charge in [0.05, 0.1) is 11.8 Å². The van der Waals surface area contributed by atoms with Gasteiger partial charge in [-0.25, -0.2) is 0 Å². The van der Waals surface area contributed by atoms with Crippen molar-refractivity contribution in [2.24, 2.45) is 4.99 Å². The van der Waals surface area contributed by atoms with E-state index in [2.05, 4.69) is 24.7 Å². The minimum atomic E-state index is -0.417. The molecular formula is C12H19NO. The minimum absolute atomic E-state index is 0.417. The maximum Gasteiger partial charge on any atom is 0.0962 e. The van der Waals surface area contributed by atoms with Crippen molar-refractivity contribution in [1.82, 2.24) is 0 Å². The van der Waals surface area contributed by atoms with Crippen molar-refractivity contribution in [3.63, 3.8) is 0 Å². The van der Waals surface area contributed by atoms with Crippen molar-refractivity contribution in [3.05, 3.63) is 22.9 Å². The van der Waals surface area contributed by atoms with Gasteiger partial charge in [0.25, 0.3) is 0 Å². The van der Waals surface area contributed by atoms with E-state index in [0.29, 0.717) is 0 Å². The number of hydrogen-bond donors (Lipinski definition) is 1. The molecule has 1 unspecified atom stereocenters. The number of aliphatic hydroxyl groups is 1. The molecule has 0 fully saturated rings. The summed E-state index contributed by atoms with van der Waals surface area (Å²) in [7, 11) is 0. The maximum atomic E-state index is 9.84. The highest BCUT2D eigenvalue weighted by molar-refractivity contribution is 5.40. The molecule has 0 saturated heterocycles. The van der Waals surface area contributed by atoms with E-state index in [1.807, 2.05) is 6.92 Å². The molecule has 0 bridgehead atoms. The van der Waals surface area contributed by atoms with Crippen LogP contribution in [0.15, 0.2) is 27.9 Å². The van der Waals surface area contributed by atoms with Gasteiger partial charge in [0, 0.05) is 0 Å². The Labute approximate surface area is 86.1 Å². The van der Waals surface area contributed by atoms with E-state index in [1.54, 1.807) is 0 Å². The van der Waals surface area contributed by atoms with Gasteiger partial charge >= 0.3 is 0 Å². The SMILES string of the molecule is C=NC1=C(C(C)=CC)CCCCC1O. The van der Waals surface area contributed by atoms with Crippen molar-refractivity contribution in [1.29, 1.82) is 0 Å². The lowest BCUT2D eigenvalue weighted by Gasteiger charge is -2.12. The molecule has 0 radical (unpaired) electrons. The second-order valence-corrected chi connectivity index (χ2v) is 3.76. The second kappa shape index (κ2) is 5.11. The first kappa shape index (κ1) is 11.2. The minimum Gasteiger partial charge on any atom is -0.387 e. The Morgan fingerprint density at radius 1 is 1.57 bits per heavy atom. The summed E-state index contributed by atoms with van der Waals surface area (Å²) in [6.07, 6.45) is 5.69. The van der Waals surface area contributed by atoms with Crippen LogP contribution < -0.4 is 0 Å². The molecule has 1 aliphatic rings. The molecule has 1 N–H and O–H groups in total. The quantitative estimate of drug-likeness (QED) is 0.672. The second-order valence-electron chi connectivity index (χ2n) is 3.76. The van der Waals surface area contributed by atoms with Crippen LogP contribution in [0.4, 0.5) is 0 Å². The molecule has 0 saturated carbocycles. The fourth-order valence-electron chi connectivity index (χ4n) is 1.88. The standard InChI is InChI=1S/C12H19NO/c1-4-9(2)10-7-5-6-8-11(14)12(10)13-3/h4,11,14H,3,5-8H2,1-2H3. The van der Waals surface area contributed by atoms with Crippen molar-refractivity contribution in [3.8, 4) is 0 Å². The monoisotopic (exact) mass is 193 g/mol. The van der Waals surface area contributed by atoms with Crippen LogP contribution in [0.2, 0.25) is 0 Å². The third-order valence-corrected chi connectivity index (χ3v) is 2.86. The van der Waals surface area contributed by atoms with Crippen molar-refractivity contribution >= 4 is 6.72 Å². The Balaban J connectivity index is 3.08. The summed E-state index contributed by atoms with van der Waals surface area (Å²) in [6.45, 7) is 7.63.